The molecule has 0 aliphatic carbocycles. The molecule has 7 heteroatoms. The van der Waals surface area contributed by atoms with Crippen LogP contribution in [0.3, 0.4) is 0 Å². The highest BCUT2D eigenvalue weighted by atomic mass is 32.2. The summed E-state index contributed by atoms with van der Waals surface area (Å²) in [6.07, 6.45) is 3.28. The second-order valence-electron chi connectivity index (χ2n) is 6.93. The zero-order chi connectivity index (χ0) is 21.1. The van der Waals surface area contributed by atoms with Crippen molar-refractivity contribution < 1.29 is 8.60 Å². The molecule has 0 aliphatic rings. The number of aromatic amines is 1. The summed E-state index contributed by atoms with van der Waals surface area (Å²) in [5.41, 5.74) is 4.07. The third-order valence-corrected chi connectivity index (χ3v) is 5.52. The summed E-state index contributed by atoms with van der Waals surface area (Å²) in [4.78, 5) is 12.1. The van der Waals surface area contributed by atoms with Gasteiger partial charge in [0.25, 0.3) is 0 Å². The summed E-state index contributed by atoms with van der Waals surface area (Å²) >= 11 is 0. The number of hydrogen-bond acceptors (Lipinski definition) is 4. The Kier molecular flexibility index (Phi) is 5.72. The van der Waals surface area contributed by atoms with E-state index >= 15 is 0 Å². The predicted octanol–water partition coefficient (Wildman–Crippen LogP) is 5.19. The lowest BCUT2D eigenvalue weighted by atomic mass is 10.1. The first-order chi connectivity index (χ1) is 14.5. The molecule has 0 saturated heterocycles. The van der Waals surface area contributed by atoms with Gasteiger partial charge in [-0.2, -0.15) is 0 Å². The van der Waals surface area contributed by atoms with Gasteiger partial charge in [0.1, 0.15) is 11.6 Å². The van der Waals surface area contributed by atoms with Gasteiger partial charge in [-0.05, 0) is 48.9 Å². The molecule has 0 fully saturated rings. The molecule has 2 aromatic heterocycles. The minimum atomic E-state index is -1.28. The van der Waals surface area contributed by atoms with Gasteiger partial charge in [0, 0.05) is 29.6 Å². The van der Waals surface area contributed by atoms with Crippen LogP contribution >= 0.6 is 0 Å². The van der Waals surface area contributed by atoms with Gasteiger partial charge in [-0.3, -0.25) is 4.21 Å². The molecular weight excluding hydrogens is 399 g/mol. The Labute approximate surface area is 176 Å². The smallest absolute Gasteiger partial charge is 0.197 e. The number of nitrogens with one attached hydrogen (secondary N) is 2. The van der Waals surface area contributed by atoms with E-state index in [2.05, 4.69) is 39.3 Å². The van der Waals surface area contributed by atoms with Gasteiger partial charge in [-0.25, -0.2) is 14.4 Å². The molecule has 0 spiro atoms. The van der Waals surface area contributed by atoms with E-state index in [1.54, 1.807) is 24.6 Å². The highest BCUT2D eigenvalue weighted by molar-refractivity contribution is 7.84. The van der Waals surface area contributed by atoms with Crippen molar-refractivity contribution in [1.82, 2.24) is 15.0 Å². The largest absolute Gasteiger partial charge is 0.364 e. The van der Waals surface area contributed by atoms with Gasteiger partial charge < -0.3 is 10.3 Å². The third-order valence-electron chi connectivity index (χ3n) is 4.78. The lowest BCUT2D eigenvalue weighted by Gasteiger charge is -2.15. The Morgan fingerprint density at radius 2 is 1.77 bits per heavy atom. The number of rotatable bonds is 6. The van der Waals surface area contributed by atoms with Gasteiger partial charge in [-0.15, -0.1) is 0 Å². The lowest BCUT2D eigenvalue weighted by molar-refractivity contribution is 0.628. The molecule has 0 aliphatic heterocycles. The zero-order valence-corrected chi connectivity index (χ0v) is 17.4. The van der Waals surface area contributed by atoms with Crippen LogP contribution < -0.4 is 5.32 Å². The fourth-order valence-electron chi connectivity index (χ4n) is 3.23. The molecule has 0 bridgehead atoms. The van der Waals surface area contributed by atoms with E-state index < -0.39 is 10.8 Å². The molecule has 2 aromatic carbocycles. The van der Waals surface area contributed by atoms with Crippen LogP contribution in [0, 0.1) is 5.82 Å². The normalized spacial score (nSPS) is 13.0. The summed E-state index contributed by atoms with van der Waals surface area (Å²) in [7, 11) is -1.28. The van der Waals surface area contributed by atoms with Gasteiger partial charge >= 0.3 is 0 Å². The van der Waals surface area contributed by atoms with E-state index in [0.29, 0.717) is 22.4 Å². The zero-order valence-electron chi connectivity index (χ0n) is 16.6. The van der Waals surface area contributed by atoms with Crippen LogP contribution in [0.1, 0.15) is 18.5 Å². The van der Waals surface area contributed by atoms with E-state index in [-0.39, 0.29) is 11.9 Å². The molecule has 2 N–H and O–H groups in total. The van der Waals surface area contributed by atoms with Gasteiger partial charge in [0.05, 0.1) is 22.2 Å². The Morgan fingerprint density at radius 1 is 1.03 bits per heavy atom. The Balaban J connectivity index is 1.71. The number of anilines is 1. The van der Waals surface area contributed by atoms with Crippen molar-refractivity contribution in [3.05, 3.63) is 84.3 Å². The number of aromatic nitrogens is 3. The van der Waals surface area contributed by atoms with Crippen molar-refractivity contribution in [1.29, 1.82) is 0 Å². The monoisotopic (exact) mass is 420 g/mol. The average Bonchev–Trinajstić information content (AvgIpc) is 3.21. The number of pyridine rings is 1. The summed E-state index contributed by atoms with van der Waals surface area (Å²) in [5, 5.41) is 3.77. The number of benzene rings is 2. The highest BCUT2D eigenvalue weighted by Crippen LogP contribution is 2.32. The standard InChI is InChI=1S/C23H21FN4OS/c1-15(16-6-4-3-5-7-16)26-20-14-18(12-13-25-20)22-21(27-23(28-22)30(2)29)17-8-10-19(24)11-9-17/h3-15H,1-2H3,(H,25,26)(H,27,28)/t15-,30+/m1/s1. The van der Waals surface area contributed by atoms with Crippen LogP contribution in [0.25, 0.3) is 22.5 Å². The quantitative estimate of drug-likeness (QED) is 0.450. The number of H-pyrrole nitrogens is 1. The molecule has 0 saturated carbocycles. The maximum Gasteiger partial charge on any atom is 0.197 e. The van der Waals surface area contributed by atoms with E-state index in [1.165, 1.54) is 12.1 Å². The molecule has 152 valence electrons. The van der Waals surface area contributed by atoms with Crippen LogP contribution in [-0.4, -0.2) is 25.4 Å². The molecule has 4 rings (SSSR count). The summed E-state index contributed by atoms with van der Waals surface area (Å²) in [6.45, 7) is 2.07. The second kappa shape index (κ2) is 8.59. The molecular formula is C23H21FN4OS. The molecule has 4 aromatic rings. The molecule has 30 heavy (non-hydrogen) atoms. The maximum absolute atomic E-state index is 13.4. The first kappa shape index (κ1) is 20.0. The van der Waals surface area contributed by atoms with Crippen molar-refractivity contribution in [3.8, 4) is 22.5 Å². The van der Waals surface area contributed by atoms with Crippen LogP contribution in [0.5, 0.6) is 0 Å². The fourth-order valence-corrected chi connectivity index (χ4v) is 3.69. The van der Waals surface area contributed by atoms with Crippen molar-refractivity contribution in [3.63, 3.8) is 0 Å². The maximum atomic E-state index is 13.4. The minimum Gasteiger partial charge on any atom is -0.364 e. The molecule has 5 nitrogen and oxygen atoms in total. The number of nitrogens with zero attached hydrogens (tertiary/aromatic N) is 2. The SMILES string of the molecule is C[C@@H](Nc1cc(-c2nc([S@](C)=O)[nH]c2-c2ccc(F)cc2)ccn1)c1ccccc1. The number of hydrogen-bond donors (Lipinski definition) is 2. The van der Waals surface area contributed by atoms with Crippen molar-refractivity contribution in [2.75, 3.05) is 11.6 Å². The van der Waals surface area contributed by atoms with Crippen LogP contribution in [-0.2, 0) is 10.8 Å². The number of imidazole rings is 1. The summed E-state index contributed by atoms with van der Waals surface area (Å²) in [6, 6.07) is 20.1. The minimum absolute atomic E-state index is 0.0726. The second-order valence-corrected chi connectivity index (χ2v) is 8.23. The van der Waals surface area contributed by atoms with E-state index in [0.717, 1.165) is 16.7 Å². The van der Waals surface area contributed by atoms with Crippen LogP contribution in [0.4, 0.5) is 10.2 Å². The highest BCUT2D eigenvalue weighted by Gasteiger charge is 2.17. The molecule has 2 heterocycles. The summed E-state index contributed by atoms with van der Waals surface area (Å²) < 4.78 is 25.4. The first-order valence-corrected chi connectivity index (χ1v) is 11.0. The Bertz CT molecular complexity index is 1180. The van der Waals surface area contributed by atoms with Gasteiger partial charge in [0.2, 0.25) is 0 Å². The number of halogens is 1. The molecule has 0 amide bonds. The molecule has 0 unspecified atom stereocenters. The van der Waals surface area contributed by atoms with Gasteiger partial charge in [-0.1, -0.05) is 30.3 Å². The van der Waals surface area contributed by atoms with Gasteiger partial charge in [0.15, 0.2) is 5.16 Å². The van der Waals surface area contributed by atoms with E-state index in [1.807, 2.05) is 30.3 Å². The van der Waals surface area contributed by atoms with Crippen molar-refractivity contribution in [2.24, 2.45) is 0 Å². The van der Waals surface area contributed by atoms with Crippen LogP contribution in [0.15, 0.2) is 78.1 Å². The first-order valence-electron chi connectivity index (χ1n) is 9.48. The molecule has 0 radical (unpaired) electrons. The van der Waals surface area contributed by atoms with Crippen LogP contribution in [0.2, 0.25) is 0 Å². The third kappa shape index (κ3) is 4.31. The van der Waals surface area contributed by atoms with E-state index in [4.69, 9.17) is 0 Å². The van der Waals surface area contributed by atoms with Crippen molar-refractivity contribution in [2.45, 2.75) is 18.1 Å². The fraction of sp³-hybridized carbons (Fsp3) is 0.130. The predicted molar refractivity (Wildman–Crippen MR) is 118 cm³/mol. The lowest BCUT2D eigenvalue weighted by Crippen LogP contribution is -2.07. The Morgan fingerprint density at radius 3 is 2.47 bits per heavy atom. The van der Waals surface area contributed by atoms with Crippen molar-refractivity contribution >= 4 is 16.6 Å². The summed E-state index contributed by atoms with van der Waals surface area (Å²) in [5.74, 6) is 0.389. The average molecular weight is 421 g/mol. The topological polar surface area (TPSA) is 70.7 Å². The van der Waals surface area contributed by atoms with E-state index in [9.17, 15) is 8.60 Å². The molecule has 2 atom stereocenters. The Hall–Kier alpha value is -3.32.